The Morgan fingerprint density at radius 1 is 1.00 bits per heavy atom. The molecular formula is C15H11F3N2O. The smallest absolute Gasteiger partial charge is 0.314 e. The highest BCUT2D eigenvalue weighted by molar-refractivity contribution is 5.90. The molecule has 0 aliphatic carbocycles. The van der Waals surface area contributed by atoms with Gasteiger partial charge in [-0.3, -0.25) is 0 Å². The van der Waals surface area contributed by atoms with Gasteiger partial charge in [-0.05, 0) is 24.3 Å². The Kier molecular flexibility index (Phi) is 4.61. The number of benzene rings is 2. The number of hydrogen-bond donors (Lipinski definition) is 2. The molecule has 0 unspecified atom stereocenters. The maximum atomic E-state index is 13.3. The van der Waals surface area contributed by atoms with Gasteiger partial charge in [0.15, 0.2) is 0 Å². The number of halogens is 3. The zero-order valence-electron chi connectivity index (χ0n) is 10.7. The van der Waals surface area contributed by atoms with Gasteiger partial charge in [0, 0.05) is 17.8 Å². The van der Waals surface area contributed by atoms with E-state index in [1.165, 1.54) is 24.4 Å². The summed E-state index contributed by atoms with van der Waals surface area (Å²) in [7, 11) is 0. The van der Waals surface area contributed by atoms with Crippen molar-refractivity contribution >= 4 is 17.8 Å². The van der Waals surface area contributed by atoms with Gasteiger partial charge in [-0.25, -0.2) is 18.0 Å². The highest BCUT2D eigenvalue weighted by atomic mass is 19.1. The highest BCUT2D eigenvalue weighted by Gasteiger charge is 2.06. The van der Waals surface area contributed by atoms with Crippen molar-refractivity contribution in [3.8, 4) is 0 Å². The van der Waals surface area contributed by atoms with Crippen LogP contribution in [0, 0.1) is 17.5 Å². The van der Waals surface area contributed by atoms with Gasteiger partial charge in [-0.2, -0.15) is 0 Å². The molecule has 0 saturated carbocycles. The Hall–Kier alpha value is -2.76. The Morgan fingerprint density at radius 3 is 2.52 bits per heavy atom. The minimum absolute atomic E-state index is 0.285. The molecule has 2 rings (SSSR count). The number of nitrogens with one attached hydrogen (secondary N) is 2. The predicted octanol–water partition coefficient (Wildman–Crippen LogP) is 3.90. The molecule has 0 bridgehead atoms. The number of amides is 2. The van der Waals surface area contributed by atoms with Crippen LogP contribution in [0.5, 0.6) is 0 Å². The lowest BCUT2D eigenvalue weighted by Gasteiger charge is -2.05. The van der Waals surface area contributed by atoms with Crippen LogP contribution in [-0.4, -0.2) is 6.03 Å². The number of anilines is 1. The third kappa shape index (κ3) is 4.10. The molecule has 21 heavy (non-hydrogen) atoms. The molecule has 0 aliphatic heterocycles. The Morgan fingerprint density at radius 2 is 1.76 bits per heavy atom. The summed E-state index contributed by atoms with van der Waals surface area (Å²) in [5.74, 6) is -1.87. The van der Waals surface area contributed by atoms with Gasteiger partial charge in [0.1, 0.15) is 17.5 Å². The summed E-state index contributed by atoms with van der Waals surface area (Å²) >= 11 is 0. The van der Waals surface area contributed by atoms with E-state index in [0.717, 1.165) is 18.2 Å². The van der Waals surface area contributed by atoms with E-state index in [0.29, 0.717) is 0 Å². The molecule has 2 aromatic rings. The second kappa shape index (κ2) is 6.60. The van der Waals surface area contributed by atoms with Crippen LogP contribution in [0.4, 0.5) is 23.7 Å². The zero-order valence-corrected chi connectivity index (χ0v) is 10.7. The van der Waals surface area contributed by atoms with Crippen molar-refractivity contribution in [2.24, 2.45) is 0 Å². The van der Waals surface area contributed by atoms with Gasteiger partial charge in [0.05, 0.1) is 5.69 Å². The van der Waals surface area contributed by atoms with Crippen LogP contribution >= 0.6 is 0 Å². The van der Waals surface area contributed by atoms with Gasteiger partial charge in [0.25, 0.3) is 0 Å². The minimum atomic E-state index is -0.771. The zero-order chi connectivity index (χ0) is 15.2. The first-order valence-corrected chi connectivity index (χ1v) is 6.00. The molecule has 0 heterocycles. The van der Waals surface area contributed by atoms with Crippen LogP contribution in [0.25, 0.3) is 6.08 Å². The third-order valence-corrected chi connectivity index (χ3v) is 2.56. The van der Waals surface area contributed by atoms with E-state index in [1.54, 1.807) is 12.1 Å². The molecule has 0 fully saturated rings. The van der Waals surface area contributed by atoms with E-state index in [-0.39, 0.29) is 11.3 Å². The average Bonchev–Trinajstić information content (AvgIpc) is 2.45. The van der Waals surface area contributed by atoms with Crippen molar-refractivity contribution < 1.29 is 18.0 Å². The molecule has 0 saturated heterocycles. The second-order valence-corrected chi connectivity index (χ2v) is 4.08. The normalized spacial score (nSPS) is 10.6. The molecule has 0 atom stereocenters. The number of carbonyl (C=O) groups excluding carboxylic acids is 1. The molecule has 2 aromatic carbocycles. The number of urea groups is 1. The first-order chi connectivity index (χ1) is 10.1. The number of carbonyl (C=O) groups is 1. The molecule has 0 aromatic heterocycles. The molecule has 2 N–H and O–H groups in total. The van der Waals surface area contributed by atoms with Gasteiger partial charge in [0.2, 0.25) is 0 Å². The molecule has 0 aliphatic rings. The SMILES string of the molecule is O=C(N/C=C/c1ccccc1F)Nc1cc(F)ccc1F. The molecule has 6 heteroatoms. The summed E-state index contributed by atoms with van der Waals surface area (Å²) in [6.45, 7) is 0. The maximum absolute atomic E-state index is 13.3. The first-order valence-electron chi connectivity index (χ1n) is 6.00. The van der Waals surface area contributed by atoms with E-state index in [4.69, 9.17) is 0 Å². The van der Waals surface area contributed by atoms with Crippen LogP contribution in [0.1, 0.15) is 5.56 Å². The summed E-state index contributed by atoms with van der Waals surface area (Å²) in [6.07, 6.45) is 2.54. The quantitative estimate of drug-likeness (QED) is 0.885. The van der Waals surface area contributed by atoms with Crippen molar-refractivity contribution in [3.63, 3.8) is 0 Å². The Labute approximate surface area is 119 Å². The fourth-order valence-corrected chi connectivity index (χ4v) is 1.57. The van der Waals surface area contributed by atoms with E-state index in [2.05, 4.69) is 10.6 Å². The van der Waals surface area contributed by atoms with Crippen molar-refractivity contribution in [1.29, 1.82) is 0 Å². The van der Waals surface area contributed by atoms with Crippen LogP contribution in [0.3, 0.4) is 0 Å². The average molecular weight is 292 g/mol. The topological polar surface area (TPSA) is 41.1 Å². The van der Waals surface area contributed by atoms with E-state index < -0.39 is 23.5 Å². The minimum Gasteiger partial charge on any atom is -0.314 e. The van der Waals surface area contributed by atoms with E-state index >= 15 is 0 Å². The first kappa shape index (κ1) is 14.6. The lowest BCUT2D eigenvalue weighted by molar-refractivity contribution is 0.255. The van der Waals surface area contributed by atoms with Crippen molar-refractivity contribution in [2.45, 2.75) is 0 Å². The summed E-state index contributed by atoms with van der Waals surface area (Å²) in [5.41, 5.74) is 0.00141. The summed E-state index contributed by atoms with van der Waals surface area (Å²) in [4.78, 5) is 11.5. The van der Waals surface area contributed by atoms with Crippen LogP contribution in [-0.2, 0) is 0 Å². The highest BCUT2D eigenvalue weighted by Crippen LogP contribution is 2.15. The van der Waals surface area contributed by atoms with Gasteiger partial charge >= 0.3 is 6.03 Å². The molecule has 0 radical (unpaired) electrons. The molecule has 3 nitrogen and oxygen atoms in total. The Balaban J connectivity index is 1.96. The lowest BCUT2D eigenvalue weighted by Crippen LogP contribution is -2.24. The van der Waals surface area contributed by atoms with Crippen molar-refractivity contribution in [1.82, 2.24) is 5.32 Å². The predicted molar refractivity (Wildman–Crippen MR) is 73.9 cm³/mol. The van der Waals surface area contributed by atoms with Crippen LogP contribution in [0.15, 0.2) is 48.7 Å². The molecule has 108 valence electrons. The van der Waals surface area contributed by atoms with Crippen LogP contribution in [0.2, 0.25) is 0 Å². The molecular weight excluding hydrogens is 281 g/mol. The van der Waals surface area contributed by atoms with Gasteiger partial charge in [-0.15, -0.1) is 0 Å². The van der Waals surface area contributed by atoms with E-state index in [9.17, 15) is 18.0 Å². The maximum Gasteiger partial charge on any atom is 0.323 e. The third-order valence-electron chi connectivity index (χ3n) is 2.56. The largest absolute Gasteiger partial charge is 0.323 e. The molecule has 2 amide bonds. The second-order valence-electron chi connectivity index (χ2n) is 4.08. The summed E-state index contributed by atoms with van der Waals surface area (Å²) < 4.78 is 39.5. The Bertz CT molecular complexity index is 686. The fraction of sp³-hybridized carbons (Fsp3) is 0. The van der Waals surface area contributed by atoms with Crippen molar-refractivity contribution in [2.75, 3.05) is 5.32 Å². The monoisotopic (exact) mass is 292 g/mol. The number of hydrogen-bond acceptors (Lipinski definition) is 1. The fourth-order valence-electron chi connectivity index (χ4n) is 1.57. The van der Waals surface area contributed by atoms with Gasteiger partial charge < -0.3 is 10.6 Å². The van der Waals surface area contributed by atoms with Crippen molar-refractivity contribution in [3.05, 3.63) is 71.7 Å². The standard InChI is InChI=1S/C15H11F3N2O/c16-11-5-6-13(18)14(9-11)20-15(21)19-8-7-10-3-1-2-4-12(10)17/h1-9H,(H2,19,20,21)/b8-7+. The number of rotatable bonds is 3. The van der Waals surface area contributed by atoms with Gasteiger partial charge in [-0.1, -0.05) is 18.2 Å². The van der Waals surface area contributed by atoms with E-state index in [1.807, 2.05) is 0 Å². The lowest BCUT2D eigenvalue weighted by atomic mass is 10.2. The molecule has 0 spiro atoms. The summed E-state index contributed by atoms with van der Waals surface area (Å²) in [5, 5.41) is 4.41. The van der Waals surface area contributed by atoms with Crippen LogP contribution < -0.4 is 10.6 Å². The summed E-state index contributed by atoms with van der Waals surface area (Å²) in [6, 6.07) is 7.92.